The number of amides is 1. The summed E-state index contributed by atoms with van der Waals surface area (Å²) in [6.07, 6.45) is 2.48. The lowest BCUT2D eigenvalue weighted by molar-refractivity contribution is -0.133. The number of hydrogen-bond acceptors (Lipinski definition) is 2. The molecule has 1 aromatic heterocycles. The first-order valence-corrected chi connectivity index (χ1v) is 8.61. The Labute approximate surface area is 148 Å². The molecule has 4 heteroatoms. The Morgan fingerprint density at radius 1 is 1.20 bits per heavy atom. The molecule has 0 aliphatic heterocycles. The van der Waals surface area contributed by atoms with E-state index in [1.165, 1.54) is 16.5 Å². The largest absolute Gasteiger partial charge is 0.350 e. The van der Waals surface area contributed by atoms with Crippen molar-refractivity contribution in [3.05, 3.63) is 71.4 Å². The summed E-state index contributed by atoms with van der Waals surface area (Å²) in [7, 11) is 2.04. The van der Waals surface area contributed by atoms with E-state index in [4.69, 9.17) is 4.84 Å². The zero-order valence-corrected chi connectivity index (χ0v) is 15.0. The predicted octanol–water partition coefficient (Wildman–Crippen LogP) is 4.08. The van der Waals surface area contributed by atoms with E-state index in [9.17, 15) is 4.79 Å². The highest BCUT2D eigenvalue weighted by Crippen LogP contribution is 2.34. The van der Waals surface area contributed by atoms with Crippen LogP contribution in [0.2, 0.25) is 0 Å². The standard InChI is InChI=1S/C21H24N2O2/c1-4-25-22-21(24)13-18(16-9-7-8-15(2)12-16)19-14-23(3)20-11-6-5-10-17(19)20/h5-12,14,18H,4,13H2,1-3H3,(H,22,24). The van der Waals surface area contributed by atoms with E-state index in [2.05, 4.69) is 53.5 Å². The predicted molar refractivity (Wildman–Crippen MR) is 100 cm³/mol. The monoisotopic (exact) mass is 336 g/mol. The molecule has 1 unspecified atom stereocenters. The fourth-order valence-corrected chi connectivity index (χ4v) is 3.32. The number of nitrogens with zero attached hydrogens (tertiary/aromatic N) is 1. The quantitative estimate of drug-likeness (QED) is 0.689. The second kappa shape index (κ2) is 7.53. The maximum atomic E-state index is 12.3. The lowest BCUT2D eigenvalue weighted by Gasteiger charge is -2.17. The molecule has 0 saturated carbocycles. The minimum Gasteiger partial charge on any atom is -0.350 e. The molecule has 0 fully saturated rings. The number of carbonyl (C=O) groups is 1. The number of aromatic nitrogens is 1. The van der Waals surface area contributed by atoms with Gasteiger partial charge in [0.1, 0.15) is 0 Å². The van der Waals surface area contributed by atoms with Gasteiger partial charge in [0.05, 0.1) is 6.61 Å². The van der Waals surface area contributed by atoms with Crippen molar-refractivity contribution in [2.45, 2.75) is 26.2 Å². The number of fused-ring (bicyclic) bond motifs is 1. The second-order valence-corrected chi connectivity index (χ2v) is 6.34. The van der Waals surface area contributed by atoms with Crippen LogP contribution in [0.1, 0.15) is 36.0 Å². The van der Waals surface area contributed by atoms with Gasteiger partial charge in [0.2, 0.25) is 5.91 Å². The number of rotatable bonds is 6. The Kier molecular flexibility index (Phi) is 5.19. The molecule has 1 N–H and O–H groups in total. The van der Waals surface area contributed by atoms with E-state index in [1.807, 2.05) is 32.2 Å². The number of hydroxylamine groups is 1. The molecular weight excluding hydrogens is 312 g/mol. The van der Waals surface area contributed by atoms with Gasteiger partial charge in [-0.1, -0.05) is 48.0 Å². The minimum atomic E-state index is -0.110. The van der Waals surface area contributed by atoms with Gasteiger partial charge in [-0.05, 0) is 31.0 Å². The first-order valence-electron chi connectivity index (χ1n) is 8.61. The Balaban J connectivity index is 2.05. The highest BCUT2D eigenvalue weighted by molar-refractivity contribution is 5.86. The number of carbonyl (C=O) groups excluding carboxylic acids is 1. The average Bonchev–Trinajstić information content (AvgIpc) is 2.95. The maximum absolute atomic E-state index is 12.3. The van der Waals surface area contributed by atoms with Crippen LogP contribution >= 0.6 is 0 Å². The molecule has 0 saturated heterocycles. The van der Waals surface area contributed by atoms with Crippen LogP contribution in [0.4, 0.5) is 0 Å². The number of para-hydroxylation sites is 1. The zero-order chi connectivity index (χ0) is 17.8. The van der Waals surface area contributed by atoms with E-state index in [0.29, 0.717) is 13.0 Å². The third-order valence-corrected chi connectivity index (χ3v) is 4.47. The van der Waals surface area contributed by atoms with Crippen LogP contribution in [0.3, 0.4) is 0 Å². The van der Waals surface area contributed by atoms with Crippen LogP contribution in [-0.2, 0) is 16.7 Å². The summed E-state index contributed by atoms with van der Waals surface area (Å²) in [5.74, 6) is -0.132. The van der Waals surface area contributed by atoms with Gasteiger partial charge in [0.15, 0.2) is 0 Å². The average molecular weight is 336 g/mol. The highest BCUT2D eigenvalue weighted by atomic mass is 16.6. The third-order valence-electron chi connectivity index (χ3n) is 4.47. The molecule has 1 amide bonds. The van der Waals surface area contributed by atoms with Crippen LogP contribution in [0, 0.1) is 6.92 Å². The number of benzene rings is 2. The minimum absolute atomic E-state index is 0.0218. The molecule has 0 bridgehead atoms. The van der Waals surface area contributed by atoms with Gasteiger partial charge in [-0.15, -0.1) is 0 Å². The van der Waals surface area contributed by atoms with Crippen molar-refractivity contribution in [2.24, 2.45) is 7.05 Å². The highest BCUT2D eigenvalue weighted by Gasteiger charge is 2.22. The topological polar surface area (TPSA) is 43.3 Å². The molecule has 3 rings (SSSR count). The van der Waals surface area contributed by atoms with Gasteiger partial charge in [-0.25, -0.2) is 5.48 Å². The Morgan fingerprint density at radius 3 is 2.76 bits per heavy atom. The van der Waals surface area contributed by atoms with Crippen molar-refractivity contribution in [3.8, 4) is 0 Å². The summed E-state index contributed by atoms with van der Waals surface area (Å²) in [4.78, 5) is 17.4. The van der Waals surface area contributed by atoms with Crippen molar-refractivity contribution >= 4 is 16.8 Å². The maximum Gasteiger partial charge on any atom is 0.244 e. The summed E-state index contributed by atoms with van der Waals surface area (Å²) in [5.41, 5.74) is 7.19. The Hall–Kier alpha value is -2.59. The van der Waals surface area contributed by atoms with Crippen molar-refractivity contribution in [2.75, 3.05) is 6.61 Å². The second-order valence-electron chi connectivity index (χ2n) is 6.34. The van der Waals surface area contributed by atoms with Gasteiger partial charge in [0, 0.05) is 36.5 Å². The molecule has 130 valence electrons. The van der Waals surface area contributed by atoms with Crippen LogP contribution in [-0.4, -0.2) is 17.1 Å². The molecule has 1 atom stereocenters. The number of nitrogens with one attached hydrogen (secondary N) is 1. The molecule has 0 aliphatic carbocycles. The summed E-state index contributed by atoms with van der Waals surface area (Å²) in [5, 5.41) is 1.18. The van der Waals surface area contributed by atoms with E-state index >= 15 is 0 Å². The molecule has 4 nitrogen and oxygen atoms in total. The van der Waals surface area contributed by atoms with E-state index < -0.39 is 0 Å². The number of hydrogen-bond donors (Lipinski definition) is 1. The van der Waals surface area contributed by atoms with Crippen molar-refractivity contribution in [1.29, 1.82) is 0 Å². The van der Waals surface area contributed by atoms with Gasteiger partial charge in [0.25, 0.3) is 0 Å². The fraction of sp³-hybridized carbons (Fsp3) is 0.286. The van der Waals surface area contributed by atoms with Crippen molar-refractivity contribution in [1.82, 2.24) is 10.0 Å². The van der Waals surface area contributed by atoms with Gasteiger partial charge in [-0.3, -0.25) is 9.63 Å². The Bertz CT molecular complexity index is 882. The summed E-state index contributed by atoms with van der Waals surface area (Å²) in [6.45, 7) is 4.38. The van der Waals surface area contributed by atoms with Crippen molar-refractivity contribution < 1.29 is 9.63 Å². The summed E-state index contributed by atoms with van der Waals surface area (Å²) >= 11 is 0. The zero-order valence-electron chi connectivity index (χ0n) is 15.0. The lowest BCUT2D eigenvalue weighted by Crippen LogP contribution is -2.25. The fourth-order valence-electron chi connectivity index (χ4n) is 3.32. The van der Waals surface area contributed by atoms with Crippen LogP contribution < -0.4 is 5.48 Å². The van der Waals surface area contributed by atoms with E-state index in [1.54, 1.807) is 0 Å². The van der Waals surface area contributed by atoms with Gasteiger partial charge in [-0.2, -0.15) is 0 Å². The smallest absolute Gasteiger partial charge is 0.244 e. The lowest BCUT2D eigenvalue weighted by atomic mass is 9.87. The first-order chi connectivity index (χ1) is 12.1. The summed E-state index contributed by atoms with van der Waals surface area (Å²) < 4.78 is 2.12. The molecule has 2 aromatic carbocycles. The van der Waals surface area contributed by atoms with E-state index in [-0.39, 0.29) is 11.8 Å². The SMILES string of the molecule is CCONC(=O)CC(c1cccc(C)c1)c1cn(C)c2ccccc12. The van der Waals surface area contributed by atoms with Crippen molar-refractivity contribution in [3.63, 3.8) is 0 Å². The molecular formula is C21H24N2O2. The molecule has 0 radical (unpaired) electrons. The Morgan fingerprint density at radius 2 is 2.00 bits per heavy atom. The molecule has 3 aromatic rings. The van der Waals surface area contributed by atoms with Gasteiger partial charge >= 0.3 is 0 Å². The summed E-state index contributed by atoms with van der Waals surface area (Å²) in [6, 6.07) is 16.7. The van der Waals surface area contributed by atoms with Crippen LogP contribution in [0.15, 0.2) is 54.7 Å². The first kappa shape index (κ1) is 17.2. The molecule has 0 spiro atoms. The number of aryl methyl sites for hydroxylation is 2. The molecule has 0 aliphatic rings. The third kappa shape index (κ3) is 3.74. The van der Waals surface area contributed by atoms with E-state index in [0.717, 1.165) is 11.1 Å². The van der Waals surface area contributed by atoms with Crippen LogP contribution in [0.25, 0.3) is 10.9 Å². The van der Waals surface area contributed by atoms with Crippen LogP contribution in [0.5, 0.6) is 0 Å². The molecule has 25 heavy (non-hydrogen) atoms. The normalized spacial score (nSPS) is 12.3. The molecule has 1 heterocycles. The van der Waals surface area contributed by atoms with Gasteiger partial charge < -0.3 is 4.57 Å².